The molecule has 0 atom stereocenters. The molecule has 0 amide bonds. The van der Waals surface area contributed by atoms with E-state index in [1.807, 2.05) is 0 Å². The number of aromatic nitrogens is 2. The second-order valence-corrected chi connectivity index (χ2v) is 5.56. The van der Waals surface area contributed by atoms with Crippen LogP contribution in [0.15, 0.2) is 28.2 Å². The van der Waals surface area contributed by atoms with Gasteiger partial charge < -0.3 is 0 Å². The Bertz CT molecular complexity index is 436. The normalized spacial score (nSPS) is 10.5. The molecule has 0 aliphatic carbocycles. The zero-order valence-electron chi connectivity index (χ0n) is 8.40. The fourth-order valence-corrected chi connectivity index (χ4v) is 2.54. The van der Waals surface area contributed by atoms with Crippen molar-refractivity contribution in [3.05, 3.63) is 33.7 Å². The van der Waals surface area contributed by atoms with Crippen LogP contribution in [-0.4, -0.2) is 10.2 Å². The number of benzene rings is 1. The first-order valence-electron chi connectivity index (χ1n) is 4.88. The van der Waals surface area contributed by atoms with Crippen LogP contribution in [0.2, 0.25) is 0 Å². The number of hydrogen-bond donors (Lipinski definition) is 0. The van der Waals surface area contributed by atoms with Crippen molar-refractivity contribution in [1.82, 2.24) is 10.2 Å². The zero-order valence-corrected chi connectivity index (χ0v) is 10.8. The van der Waals surface area contributed by atoms with Gasteiger partial charge >= 0.3 is 0 Å². The van der Waals surface area contributed by atoms with Gasteiger partial charge in [0.1, 0.15) is 5.01 Å². The van der Waals surface area contributed by atoms with Crippen molar-refractivity contribution >= 4 is 27.3 Å². The lowest BCUT2D eigenvalue weighted by Gasteiger charge is -1.99. The molecule has 4 heteroatoms. The summed E-state index contributed by atoms with van der Waals surface area (Å²) in [5, 5.41) is 8.98. The van der Waals surface area contributed by atoms with E-state index in [-0.39, 0.29) is 0 Å². The van der Waals surface area contributed by atoms with Gasteiger partial charge in [-0.2, -0.15) is 0 Å². The maximum Gasteiger partial charge on any atom is 0.183 e. The van der Waals surface area contributed by atoms with E-state index in [9.17, 15) is 0 Å². The van der Waals surface area contributed by atoms with E-state index in [2.05, 4.69) is 57.3 Å². The van der Waals surface area contributed by atoms with Gasteiger partial charge in [0.25, 0.3) is 0 Å². The van der Waals surface area contributed by atoms with E-state index in [0.717, 1.165) is 20.9 Å². The minimum absolute atomic E-state index is 0.829. The Morgan fingerprint density at radius 3 is 2.47 bits per heavy atom. The quantitative estimate of drug-likeness (QED) is 0.853. The molecule has 2 nitrogen and oxygen atoms in total. The molecule has 0 N–H and O–H groups in total. The maximum atomic E-state index is 4.08. The van der Waals surface area contributed by atoms with Crippen LogP contribution in [-0.2, 0) is 6.42 Å². The highest BCUT2D eigenvalue weighted by Crippen LogP contribution is 2.26. The first kappa shape index (κ1) is 10.8. The highest BCUT2D eigenvalue weighted by Gasteiger charge is 2.03. The number of nitrogens with zero attached hydrogens (tertiary/aromatic N) is 2. The Kier molecular flexibility index (Phi) is 3.49. The van der Waals surface area contributed by atoms with E-state index >= 15 is 0 Å². The summed E-state index contributed by atoms with van der Waals surface area (Å²) in [6.45, 7) is 2.19. The molecule has 2 aromatic rings. The van der Waals surface area contributed by atoms with Gasteiger partial charge in [-0.3, -0.25) is 0 Å². The largest absolute Gasteiger partial charge is 0.183 e. The lowest BCUT2D eigenvalue weighted by Crippen LogP contribution is -1.83. The third kappa shape index (κ3) is 2.63. The summed E-state index contributed by atoms with van der Waals surface area (Å²) in [6.07, 6.45) is 2.32. The number of rotatable bonds is 3. The van der Waals surface area contributed by atoms with E-state index in [0.29, 0.717) is 0 Å². The maximum absolute atomic E-state index is 4.08. The Balaban J connectivity index is 2.23. The molecule has 1 aromatic carbocycles. The second kappa shape index (κ2) is 4.86. The van der Waals surface area contributed by atoms with E-state index in [1.165, 1.54) is 12.0 Å². The highest BCUT2D eigenvalue weighted by atomic mass is 79.9. The molecular formula is C11H11BrN2S. The van der Waals surface area contributed by atoms with Gasteiger partial charge in [0.15, 0.2) is 3.92 Å². The Morgan fingerprint density at radius 1 is 1.20 bits per heavy atom. The molecule has 1 aromatic heterocycles. The summed E-state index contributed by atoms with van der Waals surface area (Å²) in [5.74, 6) is 0. The van der Waals surface area contributed by atoms with Crippen molar-refractivity contribution < 1.29 is 0 Å². The summed E-state index contributed by atoms with van der Waals surface area (Å²) in [7, 11) is 0. The number of aryl methyl sites for hydroxylation is 1. The Morgan fingerprint density at radius 2 is 1.93 bits per heavy atom. The topological polar surface area (TPSA) is 25.8 Å². The molecule has 2 rings (SSSR count). The summed E-state index contributed by atoms with van der Waals surface area (Å²) in [4.78, 5) is 0. The molecular weight excluding hydrogens is 272 g/mol. The lowest BCUT2D eigenvalue weighted by atomic mass is 10.1. The molecule has 0 aliphatic rings. The minimum Gasteiger partial charge on any atom is -0.137 e. The average molecular weight is 283 g/mol. The van der Waals surface area contributed by atoms with Crippen LogP contribution < -0.4 is 0 Å². The average Bonchev–Trinajstić information content (AvgIpc) is 2.67. The molecule has 0 spiro atoms. The molecule has 15 heavy (non-hydrogen) atoms. The van der Waals surface area contributed by atoms with Gasteiger partial charge in [0, 0.05) is 5.56 Å². The Labute approximate surface area is 101 Å². The summed E-state index contributed by atoms with van der Waals surface area (Å²) in [5.41, 5.74) is 2.52. The fraction of sp³-hybridized carbons (Fsp3) is 0.273. The minimum atomic E-state index is 0.829. The number of hydrogen-bond acceptors (Lipinski definition) is 3. The molecule has 78 valence electrons. The molecule has 0 aliphatic heterocycles. The summed E-state index contributed by atoms with van der Waals surface area (Å²) >= 11 is 4.87. The van der Waals surface area contributed by atoms with E-state index < -0.39 is 0 Å². The first-order chi connectivity index (χ1) is 7.29. The number of halogens is 1. The smallest absolute Gasteiger partial charge is 0.137 e. The van der Waals surface area contributed by atoms with Gasteiger partial charge in [-0.15, -0.1) is 10.2 Å². The summed E-state index contributed by atoms with van der Waals surface area (Å²) in [6, 6.07) is 8.54. The SMILES string of the molecule is CCCc1ccc(-c2nnc(Br)s2)cc1. The van der Waals surface area contributed by atoms with Crippen LogP contribution in [0, 0.1) is 0 Å². The monoisotopic (exact) mass is 282 g/mol. The van der Waals surface area contributed by atoms with Crippen LogP contribution in [0.25, 0.3) is 10.6 Å². The molecule has 0 saturated heterocycles. The summed E-state index contributed by atoms with van der Waals surface area (Å²) < 4.78 is 0.829. The van der Waals surface area contributed by atoms with Crippen molar-refractivity contribution in [2.45, 2.75) is 19.8 Å². The van der Waals surface area contributed by atoms with Gasteiger partial charge in [0.2, 0.25) is 0 Å². The lowest BCUT2D eigenvalue weighted by molar-refractivity contribution is 0.922. The van der Waals surface area contributed by atoms with Crippen LogP contribution in [0.4, 0.5) is 0 Å². The van der Waals surface area contributed by atoms with Gasteiger partial charge in [-0.05, 0) is 27.9 Å². The van der Waals surface area contributed by atoms with Crippen LogP contribution in [0.3, 0.4) is 0 Å². The van der Waals surface area contributed by atoms with Crippen molar-refractivity contribution in [3.63, 3.8) is 0 Å². The van der Waals surface area contributed by atoms with Gasteiger partial charge in [-0.1, -0.05) is 48.9 Å². The van der Waals surface area contributed by atoms with E-state index in [1.54, 1.807) is 11.3 Å². The first-order valence-corrected chi connectivity index (χ1v) is 6.49. The predicted octanol–water partition coefficient (Wildman–Crippen LogP) is 3.92. The van der Waals surface area contributed by atoms with Gasteiger partial charge in [0.05, 0.1) is 0 Å². The van der Waals surface area contributed by atoms with Crippen LogP contribution in [0.1, 0.15) is 18.9 Å². The zero-order chi connectivity index (χ0) is 10.7. The van der Waals surface area contributed by atoms with Crippen molar-refractivity contribution in [2.24, 2.45) is 0 Å². The molecule has 0 radical (unpaired) electrons. The van der Waals surface area contributed by atoms with Crippen molar-refractivity contribution in [1.29, 1.82) is 0 Å². The fourth-order valence-electron chi connectivity index (χ4n) is 1.42. The standard InChI is InChI=1S/C11H11BrN2S/c1-2-3-8-4-6-9(7-5-8)10-13-14-11(12)15-10/h4-7H,2-3H2,1H3. The third-order valence-electron chi connectivity index (χ3n) is 2.14. The Hall–Kier alpha value is -0.740. The molecule has 1 heterocycles. The van der Waals surface area contributed by atoms with Crippen molar-refractivity contribution in [3.8, 4) is 10.6 Å². The predicted molar refractivity (Wildman–Crippen MR) is 67.0 cm³/mol. The molecule has 0 saturated carbocycles. The van der Waals surface area contributed by atoms with Crippen LogP contribution in [0.5, 0.6) is 0 Å². The van der Waals surface area contributed by atoms with Crippen LogP contribution >= 0.6 is 27.3 Å². The molecule has 0 bridgehead atoms. The highest BCUT2D eigenvalue weighted by molar-refractivity contribution is 9.11. The molecule has 0 fully saturated rings. The third-order valence-corrected chi connectivity index (χ3v) is 3.54. The van der Waals surface area contributed by atoms with Crippen molar-refractivity contribution in [2.75, 3.05) is 0 Å². The van der Waals surface area contributed by atoms with E-state index in [4.69, 9.17) is 0 Å². The second-order valence-electron chi connectivity index (χ2n) is 3.31. The molecule has 0 unspecified atom stereocenters. The van der Waals surface area contributed by atoms with Gasteiger partial charge in [-0.25, -0.2) is 0 Å².